The van der Waals surface area contributed by atoms with Crippen LogP contribution in [0.1, 0.15) is 10.4 Å². The predicted octanol–water partition coefficient (Wildman–Crippen LogP) is 1.24. The highest BCUT2D eigenvalue weighted by molar-refractivity contribution is 5.89. The first kappa shape index (κ1) is 12.0. The van der Waals surface area contributed by atoms with Crippen molar-refractivity contribution < 1.29 is 14.6 Å². The first-order chi connectivity index (χ1) is 8.66. The predicted molar refractivity (Wildman–Crippen MR) is 65.5 cm³/mol. The number of nitrogens with zero attached hydrogens (tertiary/aromatic N) is 2. The zero-order valence-electron chi connectivity index (χ0n) is 9.61. The number of nitrogens with two attached hydrogens (primary N) is 1. The van der Waals surface area contributed by atoms with Crippen molar-refractivity contribution in [3.8, 4) is 5.75 Å². The molecule has 2 aromatic rings. The molecule has 0 aliphatic heterocycles. The van der Waals surface area contributed by atoms with Gasteiger partial charge in [-0.3, -0.25) is 4.68 Å². The Morgan fingerprint density at radius 1 is 1.50 bits per heavy atom. The van der Waals surface area contributed by atoms with Crippen molar-refractivity contribution in [3.05, 3.63) is 42.2 Å². The van der Waals surface area contributed by atoms with E-state index in [1.807, 2.05) is 12.3 Å². The van der Waals surface area contributed by atoms with E-state index >= 15 is 0 Å². The van der Waals surface area contributed by atoms with Gasteiger partial charge < -0.3 is 15.6 Å². The third-order valence-corrected chi connectivity index (χ3v) is 2.40. The molecular weight excluding hydrogens is 234 g/mol. The highest BCUT2D eigenvalue weighted by Crippen LogP contribution is 2.22. The van der Waals surface area contributed by atoms with Gasteiger partial charge in [0.1, 0.15) is 12.4 Å². The monoisotopic (exact) mass is 247 g/mol. The van der Waals surface area contributed by atoms with Gasteiger partial charge in [0, 0.05) is 12.4 Å². The molecule has 18 heavy (non-hydrogen) atoms. The maximum Gasteiger partial charge on any atom is 0.335 e. The molecular formula is C12H13N3O3. The van der Waals surface area contributed by atoms with Gasteiger partial charge in [-0.15, -0.1) is 0 Å². The number of ether oxygens (including phenoxy) is 1. The minimum Gasteiger partial charge on any atom is -0.489 e. The molecule has 6 nitrogen and oxygen atoms in total. The molecule has 3 N–H and O–H groups in total. The van der Waals surface area contributed by atoms with Crippen molar-refractivity contribution in [1.29, 1.82) is 0 Å². The fourth-order valence-corrected chi connectivity index (χ4v) is 1.47. The molecule has 0 amide bonds. The summed E-state index contributed by atoms with van der Waals surface area (Å²) in [4.78, 5) is 10.8. The Balaban J connectivity index is 2.00. The summed E-state index contributed by atoms with van der Waals surface area (Å²) in [6.45, 7) is 0.943. The lowest BCUT2D eigenvalue weighted by molar-refractivity contribution is 0.0696. The van der Waals surface area contributed by atoms with Crippen molar-refractivity contribution in [2.45, 2.75) is 6.54 Å². The Morgan fingerprint density at radius 2 is 2.33 bits per heavy atom. The SMILES string of the molecule is Nc1ccc(C(=O)O)cc1OCCn1cccn1. The van der Waals surface area contributed by atoms with Crippen LogP contribution in [0.4, 0.5) is 5.69 Å². The maximum absolute atomic E-state index is 10.8. The molecule has 0 atom stereocenters. The van der Waals surface area contributed by atoms with E-state index in [-0.39, 0.29) is 5.56 Å². The molecule has 0 spiro atoms. The van der Waals surface area contributed by atoms with Crippen LogP contribution in [0.5, 0.6) is 5.75 Å². The lowest BCUT2D eigenvalue weighted by Crippen LogP contribution is -2.10. The summed E-state index contributed by atoms with van der Waals surface area (Å²) < 4.78 is 7.17. The largest absolute Gasteiger partial charge is 0.489 e. The zero-order valence-corrected chi connectivity index (χ0v) is 9.61. The van der Waals surface area contributed by atoms with E-state index in [9.17, 15) is 4.79 Å². The van der Waals surface area contributed by atoms with Crippen molar-refractivity contribution in [3.63, 3.8) is 0 Å². The van der Waals surface area contributed by atoms with E-state index < -0.39 is 5.97 Å². The molecule has 1 heterocycles. The van der Waals surface area contributed by atoms with Crippen LogP contribution in [-0.2, 0) is 6.54 Å². The average molecular weight is 247 g/mol. The summed E-state index contributed by atoms with van der Waals surface area (Å²) in [6.07, 6.45) is 3.50. The summed E-state index contributed by atoms with van der Waals surface area (Å²) in [5.41, 5.74) is 6.28. The Kier molecular flexibility index (Phi) is 3.47. The maximum atomic E-state index is 10.8. The molecule has 0 bridgehead atoms. The fourth-order valence-electron chi connectivity index (χ4n) is 1.47. The molecule has 94 valence electrons. The zero-order chi connectivity index (χ0) is 13.0. The van der Waals surface area contributed by atoms with Gasteiger partial charge in [-0.2, -0.15) is 5.10 Å². The number of anilines is 1. The average Bonchev–Trinajstić information content (AvgIpc) is 2.84. The van der Waals surface area contributed by atoms with Gasteiger partial charge in [0.05, 0.1) is 17.8 Å². The Labute approximate surface area is 104 Å². The first-order valence-corrected chi connectivity index (χ1v) is 5.40. The second-order valence-corrected chi connectivity index (χ2v) is 3.68. The number of hydrogen-bond donors (Lipinski definition) is 2. The van der Waals surface area contributed by atoms with Gasteiger partial charge in [-0.05, 0) is 24.3 Å². The summed E-state index contributed by atoms with van der Waals surface area (Å²) in [6, 6.07) is 6.20. The highest BCUT2D eigenvalue weighted by Gasteiger charge is 2.07. The molecule has 0 aliphatic carbocycles. The topological polar surface area (TPSA) is 90.4 Å². The van der Waals surface area contributed by atoms with E-state index in [1.165, 1.54) is 18.2 Å². The van der Waals surface area contributed by atoms with Crippen molar-refractivity contribution in [1.82, 2.24) is 9.78 Å². The lowest BCUT2D eigenvalue weighted by atomic mass is 10.2. The number of nitrogen functional groups attached to an aromatic ring is 1. The summed E-state index contributed by atoms with van der Waals surface area (Å²) >= 11 is 0. The summed E-state index contributed by atoms with van der Waals surface area (Å²) in [7, 11) is 0. The number of rotatable bonds is 5. The number of aromatic carboxylic acids is 1. The third kappa shape index (κ3) is 2.79. The van der Waals surface area contributed by atoms with Crippen molar-refractivity contribution in [2.24, 2.45) is 0 Å². The van der Waals surface area contributed by atoms with Crippen LogP contribution in [-0.4, -0.2) is 27.5 Å². The standard InChI is InChI=1S/C12H13N3O3/c13-10-3-2-9(12(16)17)8-11(10)18-7-6-15-5-1-4-14-15/h1-5,8H,6-7,13H2,(H,16,17). The van der Waals surface area contributed by atoms with Crippen LogP contribution < -0.4 is 10.5 Å². The number of hydrogen-bond acceptors (Lipinski definition) is 4. The van der Waals surface area contributed by atoms with Gasteiger partial charge in [0.2, 0.25) is 0 Å². The number of carboxylic acids is 1. The molecule has 1 aromatic carbocycles. The van der Waals surface area contributed by atoms with Gasteiger partial charge in [-0.1, -0.05) is 0 Å². The summed E-state index contributed by atoms with van der Waals surface area (Å²) in [5, 5.41) is 12.9. The minimum atomic E-state index is -1.01. The van der Waals surface area contributed by atoms with Crippen molar-refractivity contribution in [2.75, 3.05) is 12.3 Å². The molecule has 0 saturated heterocycles. The Bertz CT molecular complexity index is 538. The molecule has 0 fully saturated rings. The van der Waals surface area contributed by atoms with Crippen LogP contribution in [0.25, 0.3) is 0 Å². The quantitative estimate of drug-likeness (QED) is 0.776. The van der Waals surface area contributed by atoms with E-state index in [4.69, 9.17) is 15.6 Å². The smallest absolute Gasteiger partial charge is 0.335 e. The number of benzene rings is 1. The van der Waals surface area contributed by atoms with Gasteiger partial charge in [0.25, 0.3) is 0 Å². The Morgan fingerprint density at radius 3 is 3.00 bits per heavy atom. The van der Waals surface area contributed by atoms with E-state index in [0.29, 0.717) is 24.6 Å². The van der Waals surface area contributed by atoms with Gasteiger partial charge >= 0.3 is 5.97 Å². The van der Waals surface area contributed by atoms with Crippen molar-refractivity contribution >= 4 is 11.7 Å². The lowest BCUT2D eigenvalue weighted by Gasteiger charge is -2.09. The first-order valence-electron chi connectivity index (χ1n) is 5.40. The molecule has 0 saturated carbocycles. The normalized spacial score (nSPS) is 10.2. The molecule has 0 radical (unpaired) electrons. The summed E-state index contributed by atoms with van der Waals surface area (Å²) in [5.74, 6) is -0.631. The highest BCUT2D eigenvalue weighted by atomic mass is 16.5. The van der Waals surface area contributed by atoms with Crippen LogP contribution in [0.3, 0.4) is 0 Å². The van der Waals surface area contributed by atoms with Crippen LogP contribution in [0, 0.1) is 0 Å². The van der Waals surface area contributed by atoms with E-state index in [0.717, 1.165) is 0 Å². The number of aromatic nitrogens is 2. The fraction of sp³-hybridized carbons (Fsp3) is 0.167. The second-order valence-electron chi connectivity index (χ2n) is 3.68. The van der Waals surface area contributed by atoms with Gasteiger partial charge in [0.15, 0.2) is 0 Å². The second kappa shape index (κ2) is 5.22. The minimum absolute atomic E-state index is 0.151. The molecule has 0 unspecified atom stereocenters. The number of carbonyl (C=O) groups is 1. The van der Waals surface area contributed by atoms with Gasteiger partial charge in [-0.25, -0.2) is 4.79 Å². The van der Waals surface area contributed by atoms with Crippen LogP contribution in [0.2, 0.25) is 0 Å². The number of carboxylic acid groups (broad SMARTS) is 1. The van der Waals surface area contributed by atoms with Crippen LogP contribution in [0.15, 0.2) is 36.7 Å². The van der Waals surface area contributed by atoms with E-state index in [2.05, 4.69) is 5.10 Å². The molecule has 1 aromatic heterocycles. The molecule has 2 rings (SSSR count). The molecule has 6 heteroatoms. The van der Waals surface area contributed by atoms with E-state index in [1.54, 1.807) is 10.9 Å². The van der Waals surface area contributed by atoms with Crippen LogP contribution >= 0.6 is 0 Å². The molecule has 0 aliphatic rings. The third-order valence-electron chi connectivity index (χ3n) is 2.40. The Hall–Kier alpha value is -2.50.